The van der Waals surface area contributed by atoms with Gasteiger partial charge in [0.15, 0.2) is 0 Å². The highest BCUT2D eigenvalue weighted by atomic mass is 32.2. The predicted octanol–water partition coefficient (Wildman–Crippen LogP) is 1.23. The Hall–Kier alpha value is -1.96. The Morgan fingerprint density at radius 2 is 1.64 bits per heavy atom. The van der Waals surface area contributed by atoms with Gasteiger partial charge in [-0.25, -0.2) is 8.42 Å². The number of piperazine rings is 1. The Balaban J connectivity index is 1.74. The van der Waals surface area contributed by atoms with Gasteiger partial charge in [-0.05, 0) is 37.0 Å². The molecule has 0 unspecified atom stereocenters. The molecule has 0 atom stereocenters. The predicted molar refractivity (Wildman–Crippen MR) is 97.8 cm³/mol. The van der Waals surface area contributed by atoms with E-state index in [0.29, 0.717) is 37.6 Å². The first-order chi connectivity index (χ1) is 11.9. The molecule has 0 spiro atoms. The van der Waals surface area contributed by atoms with Crippen molar-refractivity contribution in [2.45, 2.75) is 4.90 Å². The van der Waals surface area contributed by atoms with Crippen LogP contribution in [-0.4, -0.2) is 75.2 Å². The maximum Gasteiger partial charge on any atom is 0.243 e. The first-order valence-electron chi connectivity index (χ1n) is 8.29. The Bertz CT molecular complexity index is 872. The van der Waals surface area contributed by atoms with Crippen molar-refractivity contribution in [3.63, 3.8) is 0 Å². The van der Waals surface area contributed by atoms with E-state index in [1.54, 1.807) is 17.0 Å². The van der Waals surface area contributed by atoms with Gasteiger partial charge < -0.3 is 9.80 Å². The van der Waals surface area contributed by atoms with Crippen molar-refractivity contribution >= 4 is 26.7 Å². The number of amides is 1. The largest absolute Gasteiger partial charge is 0.339 e. The highest BCUT2D eigenvalue weighted by Gasteiger charge is 2.30. The molecule has 7 heteroatoms. The lowest BCUT2D eigenvalue weighted by atomic mass is 10.1. The molecule has 0 aliphatic carbocycles. The van der Waals surface area contributed by atoms with E-state index < -0.39 is 10.0 Å². The van der Waals surface area contributed by atoms with Crippen LogP contribution >= 0.6 is 0 Å². The number of carbonyl (C=O) groups is 1. The molecule has 6 nitrogen and oxygen atoms in total. The molecule has 134 valence electrons. The van der Waals surface area contributed by atoms with Gasteiger partial charge in [0.2, 0.25) is 15.9 Å². The molecule has 0 aromatic heterocycles. The van der Waals surface area contributed by atoms with E-state index in [0.717, 1.165) is 10.8 Å². The van der Waals surface area contributed by atoms with Crippen LogP contribution in [0.25, 0.3) is 10.8 Å². The molecule has 25 heavy (non-hydrogen) atoms. The van der Waals surface area contributed by atoms with Crippen molar-refractivity contribution in [1.29, 1.82) is 0 Å². The molecule has 1 amide bonds. The van der Waals surface area contributed by atoms with Crippen LogP contribution in [0.4, 0.5) is 0 Å². The van der Waals surface area contributed by atoms with Crippen LogP contribution in [0.3, 0.4) is 0 Å². The zero-order chi connectivity index (χ0) is 18.0. The average molecular weight is 361 g/mol. The topological polar surface area (TPSA) is 60.9 Å². The lowest BCUT2D eigenvalue weighted by molar-refractivity contribution is -0.133. The molecule has 1 aliphatic heterocycles. The highest BCUT2D eigenvalue weighted by molar-refractivity contribution is 7.89. The zero-order valence-corrected chi connectivity index (χ0v) is 15.4. The smallest absolute Gasteiger partial charge is 0.243 e. The minimum absolute atomic E-state index is 0.0350. The minimum atomic E-state index is -3.54. The highest BCUT2D eigenvalue weighted by Crippen LogP contribution is 2.22. The van der Waals surface area contributed by atoms with Gasteiger partial charge in [-0.1, -0.05) is 30.3 Å². The first-order valence-corrected chi connectivity index (χ1v) is 9.73. The van der Waals surface area contributed by atoms with Gasteiger partial charge in [0.25, 0.3) is 0 Å². The fourth-order valence-electron chi connectivity index (χ4n) is 3.03. The van der Waals surface area contributed by atoms with Crippen LogP contribution in [0.15, 0.2) is 47.4 Å². The van der Waals surface area contributed by atoms with Crippen molar-refractivity contribution < 1.29 is 13.2 Å². The van der Waals surface area contributed by atoms with Crippen molar-refractivity contribution in [2.75, 3.05) is 46.8 Å². The third kappa shape index (κ3) is 3.84. The molecule has 2 aromatic carbocycles. The van der Waals surface area contributed by atoms with E-state index in [9.17, 15) is 13.2 Å². The van der Waals surface area contributed by atoms with Gasteiger partial charge in [0, 0.05) is 26.2 Å². The summed E-state index contributed by atoms with van der Waals surface area (Å²) in [5.74, 6) is 0.0350. The van der Waals surface area contributed by atoms with E-state index in [4.69, 9.17) is 0 Å². The van der Waals surface area contributed by atoms with E-state index in [-0.39, 0.29) is 5.91 Å². The van der Waals surface area contributed by atoms with Crippen LogP contribution in [-0.2, 0) is 14.8 Å². The number of nitrogens with zero attached hydrogens (tertiary/aromatic N) is 3. The quantitative estimate of drug-likeness (QED) is 0.822. The van der Waals surface area contributed by atoms with E-state index in [1.807, 2.05) is 49.3 Å². The van der Waals surface area contributed by atoms with Crippen molar-refractivity contribution in [2.24, 2.45) is 0 Å². The number of likely N-dealkylation sites (N-methyl/N-ethyl adjacent to an activating group) is 1. The summed E-state index contributed by atoms with van der Waals surface area (Å²) in [6.45, 7) is 1.86. The number of carbonyl (C=O) groups excluding carboxylic acids is 1. The molecule has 1 aliphatic rings. The molecule has 0 N–H and O–H groups in total. The number of hydrogen-bond acceptors (Lipinski definition) is 4. The third-order valence-corrected chi connectivity index (χ3v) is 6.30. The molecular weight excluding hydrogens is 338 g/mol. The molecule has 1 heterocycles. The second-order valence-electron chi connectivity index (χ2n) is 6.53. The Labute approximate surface area is 148 Å². The van der Waals surface area contributed by atoms with Gasteiger partial charge >= 0.3 is 0 Å². The van der Waals surface area contributed by atoms with Gasteiger partial charge in [0.05, 0.1) is 11.4 Å². The van der Waals surface area contributed by atoms with Gasteiger partial charge in [-0.3, -0.25) is 4.79 Å². The van der Waals surface area contributed by atoms with Crippen LogP contribution < -0.4 is 0 Å². The summed E-state index contributed by atoms with van der Waals surface area (Å²) in [5, 5.41) is 1.92. The molecule has 0 saturated carbocycles. The Morgan fingerprint density at radius 3 is 2.28 bits per heavy atom. The lowest BCUT2D eigenvalue weighted by Crippen LogP contribution is -2.52. The van der Waals surface area contributed by atoms with Crippen molar-refractivity contribution in [3.05, 3.63) is 42.5 Å². The summed E-state index contributed by atoms with van der Waals surface area (Å²) in [6.07, 6.45) is 0. The van der Waals surface area contributed by atoms with Crippen LogP contribution in [0.1, 0.15) is 0 Å². The molecule has 2 aromatic rings. The second-order valence-corrected chi connectivity index (χ2v) is 8.47. The van der Waals surface area contributed by atoms with E-state index in [2.05, 4.69) is 0 Å². The van der Waals surface area contributed by atoms with Crippen LogP contribution in [0.5, 0.6) is 0 Å². The summed E-state index contributed by atoms with van der Waals surface area (Å²) in [7, 11) is 0.150. The SMILES string of the molecule is CN(C)CC(=O)N1CCN(S(=O)(=O)c2ccc3ccccc3c2)CC1. The fourth-order valence-corrected chi connectivity index (χ4v) is 4.48. The lowest BCUT2D eigenvalue weighted by Gasteiger charge is -2.34. The van der Waals surface area contributed by atoms with Crippen molar-refractivity contribution in [1.82, 2.24) is 14.1 Å². The molecule has 0 radical (unpaired) electrons. The van der Waals surface area contributed by atoms with Crippen LogP contribution in [0, 0.1) is 0 Å². The summed E-state index contributed by atoms with van der Waals surface area (Å²) in [5.41, 5.74) is 0. The number of fused-ring (bicyclic) bond motifs is 1. The second kappa shape index (κ2) is 7.11. The van der Waals surface area contributed by atoms with Crippen molar-refractivity contribution in [3.8, 4) is 0 Å². The maximum atomic E-state index is 12.9. The summed E-state index contributed by atoms with van der Waals surface area (Å²) < 4.78 is 27.3. The Morgan fingerprint density at radius 1 is 1.00 bits per heavy atom. The number of benzene rings is 2. The first kappa shape index (κ1) is 17.8. The van der Waals surface area contributed by atoms with Crippen LogP contribution in [0.2, 0.25) is 0 Å². The third-order valence-electron chi connectivity index (χ3n) is 4.40. The molecular formula is C18H23N3O3S. The standard InChI is InChI=1S/C18H23N3O3S/c1-19(2)14-18(22)20-9-11-21(12-10-20)25(23,24)17-8-7-15-5-3-4-6-16(15)13-17/h3-8,13H,9-12,14H2,1-2H3. The molecule has 1 fully saturated rings. The Kier molecular flexibility index (Phi) is 5.08. The number of sulfonamides is 1. The van der Waals surface area contributed by atoms with Gasteiger partial charge in [-0.15, -0.1) is 0 Å². The van der Waals surface area contributed by atoms with Gasteiger partial charge in [0.1, 0.15) is 0 Å². The fraction of sp³-hybridized carbons (Fsp3) is 0.389. The summed E-state index contributed by atoms with van der Waals surface area (Å²) in [6, 6.07) is 12.9. The average Bonchev–Trinajstić information content (AvgIpc) is 2.61. The summed E-state index contributed by atoms with van der Waals surface area (Å²) >= 11 is 0. The summed E-state index contributed by atoms with van der Waals surface area (Å²) in [4.78, 5) is 16.0. The zero-order valence-electron chi connectivity index (χ0n) is 14.6. The monoisotopic (exact) mass is 361 g/mol. The number of hydrogen-bond donors (Lipinski definition) is 0. The molecule has 0 bridgehead atoms. The minimum Gasteiger partial charge on any atom is -0.339 e. The number of rotatable bonds is 4. The maximum absolute atomic E-state index is 12.9. The molecule has 3 rings (SSSR count). The molecule has 1 saturated heterocycles. The van der Waals surface area contributed by atoms with Gasteiger partial charge in [-0.2, -0.15) is 4.31 Å². The van der Waals surface area contributed by atoms with E-state index in [1.165, 1.54) is 4.31 Å². The van der Waals surface area contributed by atoms with E-state index >= 15 is 0 Å². The normalized spacial score (nSPS) is 16.5.